The van der Waals surface area contributed by atoms with E-state index in [-0.39, 0.29) is 12.5 Å². The minimum Gasteiger partial charge on any atom is -0.493 e. The van der Waals surface area contributed by atoms with Crippen LogP contribution in [0.1, 0.15) is 24.2 Å². The number of ether oxygens (including phenoxy) is 6. The molecule has 0 aromatic heterocycles. The smallest absolute Gasteiger partial charge is 0.289 e. The molecule has 36 heavy (non-hydrogen) atoms. The summed E-state index contributed by atoms with van der Waals surface area (Å²) in [5, 5.41) is 8.07. The summed E-state index contributed by atoms with van der Waals surface area (Å²) in [7, 11) is 6.08. The van der Waals surface area contributed by atoms with Gasteiger partial charge >= 0.3 is 0 Å². The molecule has 0 radical (unpaired) electrons. The molecular formula is C23H23Br2N3O8. The van der Waals surface area contributed by atoms with Crippen LogP contribution in [-0.2, 0) is 9.63 Å². The van der Waals surface area contributed by atoms with Gasteiger partial charge in [0.05, 0.1) is 49.5 Å². The number of oxime groups is 1. The molecule has 2 aliphatic heterocycles. The summed E-state index contributed by atoms with van der Waals surface area (Å²) in [6, 6.07) is 3.40. The molecule has 2 heterocycles. The highest BCUT2D eigenvalue weighted by molar-refractivity contribution is 9.11. The highest BCUT2D eigenvalue weighted by atomic mass is 79.9. The van der Waals surface area contributed by atoms with E-state index in [4.69, 9.17) is 33.3 Å². The Hall–Kier alpha value is -3.19. The molecule has 0 bridgehead atoms. The monoisotopic (exact) mass is 627 g/mol. The molecule has 1 N–H and O–H groups in total. The minimum absolute atomic E-state index is 0.0648. The molecule has 2 aromatic carbocycles. The molecule has 0 spiro atoms. The van der Waals surface area contributed by atoms with Crippen molar-refractivity contribution in [1.29, 1.82) is 0 Å². The van der Waals surface area contributed by atoms with Crippen molar-refractivity contribution < 1.29 is 38.1 Å². The summed E-state index contributed by atoms with van der Waals surface area (Å²) in [6.07, 6.45) is 0.855. The molecular weight excluding hydrogens is 606 g/mol. The van der Waals surface area contributed by atoms with Gasteiger partial charge in [0.2, 0.25) is 18.3 Å². The third kappa shape index (κ3) is 4.52. The van der Waals surface area contributed by atoms with Crippen LogP contribution in [-0.4, -0.2) is 53.1 Å². The summed E-state index contributed by atoms with van der Waals surface area (Å²) >= 11 is 7.13. The van der Waals surface area contributed by atoms with Gasteiger partial charge in [-0.2, -0.15) is 5.10 Å². The van der Waals surface area contributed by atoms with Crippen molar-refractivity contribution in [2.75, 3.05) is 35.2 Å². The lowest BCUT2D eigenvalue weighted by molar-refractivity contribution is -0.115. The predicted molar refractivity (Wildman–Crippen MR) is 137 cm³/mol. The Kier molecular flexibility index (Phi) is 7.79. The Morgan fingerprint density at radius 3 is 2.28 bits per heavy atom. The van der Waals surface area contributed by atoms with Gasteiger partial charge < -0.3 is 33.3 Å². The maximum atomic E-state index is 12.9. The lowest BCUT2D eigenvalue weighted by Gasteiger charge is -2.20. The van der Waals surface area contributed by atoms with Gasteiger partial charge in [-0.15, -0.1) is 0 Å². The zero-order chi connectivity index (χ0) is 26.0. The lowest BCUT2D eigenvalue weighted by Crippen LogP contribution is -2.31. The Labute approximate surface area is 223 Å². The number of nitrogens with zero attached hydrogens (tertiary/aromatic N) is 2. The predicted octanol–water partition coefficient (Wildman–Crippen LogP) is 4.19. The Balaban J connectivity index is 1.51. The fraction of sp³-hybridized carbons (Fsp3) is 0.348. The molecule has 2 aliphatic rings. The second-order valence-electron chi connectivity index (χ2n) is 7.59. The van der Waals surface area contributed by atoms with E-state index in [2.05, 4.69) is 47.5 Å². The Morgan fingerprint density at radius 1 is 1.03 bits per heavy atom. The van der Waals surface area contributed by atoms with Gasteiger partial charge in [-0.05, 0) is 44.0 Å². The molecule has 0 saturated carbocycles. The number of hydrogen-bond acceptors (Lipinski definition) is 10. The molecule has 0 saturated heterocycles. The summed E-state index contributed by atoms with van der Waals surface area (Å²) in [6.45, 7) is 1.89. The first-order valence-corrected chi connectivity index (χ1v) is 12.2. The molecule has 192 valence electrons. The number of benzene rings is 2. The van der Waals surface area contributed by atoms with Crippen molar-refractivity contribution in [3.05, 3.63) is 32.2 Å². The van der Waals surface area contributed by atoms with Gasteiger partial charge in [0.1, 0.15) is 0 Å². The first-order chi connectivity index (χ1) is 17.4. The number of methoxy groups -OCH3 is 4. The maximum absolute atomic E-state index is 12.9. The van der Waals surface area contributed by atoms with Gasteiger partial charge in [0, 0.05) is 11.1 Å². The van der Waals surface area contributed by atoms with E-state index >= 15 is 0 Å². The van der Waals surface area contributed by atoms with Crippen molar-refractivity contribution in [3.63, 3.8) is 0 Å². The number of hydrogen-bond donors (Lipinski definition) is 1. The van der Waals surface area contributed by atoms with Gasteiger partial charge in [-0.1, -0.05) is 12.1 Å². The van der Waals surface area contributed by atoms with Crippen LogP contribution in [0.15, 0.2) is 31.3 Å². The van der Waals surface area contributed by atoms with Crippen LogP contribution in [0, 0.1) is 5.92 Å². The average Bonchev–Trinajstić information content (AvgIpc) is 3.51. The van der Waals surface area contributed by atoms with Crippen LogP contribution in [0.3, 0.4) is 0 Å². The maximum Gasteiger partial charge on any atom is 0.289 e. The van der Waals surface area contributed by atoms with Crippen LogP contribution in [0.2, 0.25) is 0 Å². The number of hydrazone groups is 1. The van der Waals surface area contributed by atoms with E-state index in [1.807, 2.05) is 6.92 Å². The highest BCUT2D eigenvalue weighted by Crippen LogP contribution is 2.55. The standard InChI is InChI=1S/C23H23Br2N3O8/c1-10-17(23(29)27-26-8-11-6-12(30-2)19(32-4)13(7-11)31-3)28-36-18(10)14-15(24)20(33-5)22-21(16(14)25)34-9-35-22/h6-8,10,18H,9H2,1-5H3,(H,27,29)/b26-8-/t10-,18+/m1/s1. The number of halogens is 2. The molecule has 4 rings (SSSR count). The summed E-state index contributed by atoms with van der Waals surface area (Å²) in [4.78, 5) is 18.5. The highest BCUT2D eigenvalue weighted by Gasteiger charge is 2.41. The Bertz CT molecular complexity index is 1230. The number of carbonyl (C=O) groups excluding carboxylic acids is 1. The van der Waals surface area contributed by atoms with Crippen LogP contribution in [0.5, 0.6) is 34.5 Å². The molecule has 0 fully saturated rings. The quantitative estimate of drug-likeness (QED) is 0.342. The second kappa shape index (κ2) is 10.8. The molecule has 13 heteroatoms. The molecule has 2 atom stereocenters. The van der Waals surface area contributed by atoms with E-state index in [0.717, 1.165) is 0 Å². The third-order valence-corrected chi connectivity index (χ3v) is 7.20. The van der Waals surface area contributed by atoms with Crippen molar-refractivity contribution in [1.82, 2.24) is 5.43 Å². The van der Waals surface area contributed by atoms with Crippen LogP contribution < -0.4 is 33.8 Å². The zero-order valence-electron chi connectivity index (χ0n) is 20.0. The van der Waals surface area contributed by atoms with Crippen molar-refractivity contribution in [2.45, 2.75) is 13.0 Å². The van der Waals surface area contributed by atoms with Gasteiger partial charge in [0.25, 0.3) is 5.91 Å². The fourth-order valence-corrected chi connectivity index (χ4v) is 5.61. The normalized spacial score (nSPS) is 18.0. The van der Waals surface area contributed by atoms with E-state index in [1.165, 1.54) is 34.7 Å². The van der Waals surface area contributed by atoms with Gasteiger partial charge in [-0.3, -0.25) is 4.79 Å². The number of carbonyl (C=O) groups is 1. The summed E-state index contributed by atoms with van der Waals surface area (Å²) in [5.74, 6) is 1.89. The Morgan fingerprint density at radius 2 is 1.67 bits per heavy atom. The number of nitrogens with one attached hydrogen (secondary N) is 1. The first-order valence-electron chi connectivity index (χ1n) is 10.6. The number of rotatable bonds is 8. The summed E-state index contributed by atoms with van der Waals surface area (Å²) in [5.41, 5.74) is 3.97. The molecule has 0 aliphatic carbocycles. The van der Waals surface area contributed by atoms with E-state index in [9.17, 15) is 4.79 Å². The zero-order valence-corrected chi connectivity index (χ0v) is 23.2. The SMILES string of the molecule is COc1cc(/C=N\NC(=O)C2=NO[C@H](c3c(Br)c(OC)c4c(c3Br)OCO4)[C@@H]2C)cc(OC)c1OC. The van der Waals surface area contributed by atoms with Crippen molar-refractivity contribution in [3.8, 4) is 34.5 Å². The topological polar surface area (TPSA) is 118 Å². The third-order valence-electron chi connectivity index (χ3n) is 5.63. The van der Waals surface area contributed by atoms with Crippen LogP contribution >= 0.6 is 31.9 Å². The van der Waals surface area contributed by atoms with Crippen LogP contribution in [0.25, 0.3) is 0 Å². The van der Waals surface area contributed by atoms with Crippen molar-refractivity contribution in [2.24, 2.45) is 16.2 Å². The average molecular weight is 629 g/mol. The molecule has 0 unspecified atom stereocenters. The van der Waals surface area contributed by atoms with Crippen LogP contribution in [0.4, 0.5) is 0 Å². The number of fused-ring (bicyclic) bond motifs is 1. The van der Waals surface area contributed by atoms with Gasteiger partial charge in [0.15, 0.2) is 34.8 Å². The largest absolute Gasteiger partial charge is 0.493 e. The molecule has 11 nitrogen and oxygen atoms in total. The molecule has 2 aromatic rings. The van der Waals surface area contributed by atoms with Gasteiger partial charge in [-0.25, -0.2) is 5.43 Å². The minimum atomic E-state index is -0.600. The van der Waals surface area contributed by atoms with E-state index in [0.29, 0.717) is 54.6 Å². The number of amides is 1. The van der Waals surface area contributed by atoms with E-state index < -0.39 is 17.9 Å². The lowest BCUT2D eigenvalue weighted by atomic mass is 9.93. The first kappa shape index (κ1) is 25.9. The molecule has 1 amide bonds. The summed E-state index contributed by atoms with van der Waals surface area (Å²) < 4.78 is 33.8. The van der Waals surface area contributed by atoms with Crippen molar-refractivity contribution >= 4 is 49.7 Å². The fourth-order valence-electron chi connectivity index (χ4n) is 3.86. The van der Waals surface area contributed by atoms with E-state index in [1.54, 1.807) is 12.1 Å². The second-order valence-corrected chi connectivity index (χ2v) is 9.17.